The zero-order valence-electron chi connectivity index (χ0n) is 13.0. The third kappa shape index (κ3) is 3.42. The van der Waals surface area contributed by atoms with E-state index in [1.54, 1.807) is 30.3 Å². The monoisotopic (exact) mass is 310 g/mol. The molecule has 0 atom stereocenters. The Morgan fingerprint density at radius 2 is 1.78 bits per heavy atom. The van der Waals surface area contributed by atoms with Crippen molar-refractivity contribution in [1.29, 1.82) is 0 Å². The first kappa shape index (κ1) is 15.3. The van der Waals surface area contributed by atoms with Crippen molar-refractivity contribution in [3.63, 3.8) is 0 Å². The van der Waals surface area contributed by atoms with Crippen LogP contribution < -0.4 is 9.47 Å². The minimum atomic E-state index is -0.0755. The first-order valence-electron chi connectivity index (χ1n) is 7.72. The van der Waals surface area contributed by atoms with Gasteiger partial charge in [-0.15, -0.1) is 0 Å². The van der Waals surface area contributed by atoms with Gasteiger partial charge < -0.3 is 9.47 Å². The van der Waals surface area contributed by atoms with E-state index in [0.29, 0.717) is 29.9 Å². The van der Waals surface area contributed by atoms with E-state index in [1.807, 2.05) is 19.1 Å². The van der Waals surface area contributed by atoms with Crippen LogP contribution in [0.15, 0.2) is 42.5 Å². The van der Waals surface area contributed by atoms with Crippen LogP contribution in [0.5, 0.6) is 11.5 Å². The minimum Gasteiger partial charge on any atom is -0.493 e. The van der Waals surface area contributed by atoms with Crippen molar-refractivity contribution in [2.24, 2.45) is 0 Å². The van der Waals surface area contributed by atoms with Gasteiger partial charge in [0.25, 0.3) is 0 Å². The lowest BCUT2D eigenvalue weighted by Gasteiger charge is -2.07. The summed E-state index contributed by atoms with van der Waals surface area (Å²) in [5.74, 6) is 1.45. The Labute approximate surface area is 135 Å². The van der Waals surface area contributed by atoms with E-state index in [1.165, 1.54) is 0 Å². The summed E-state index contributed by atoms with van der Waals surface area (Å²) in [5.41, 5.74) is 2.36. The number of carbonyl (C=O) groups excluding carboxylic acids is 2. The molecule has 4 heteroatoms. The van der Waals surface area contributed by atoms with Crippen LogP contribution in [0.25, 0.3) is 0 Å². The number of hydrogen-bond acceptors (Lipinski definition) is 4. The number of ketones is 2. The molecule has 23 heavy (non-hydrogen) atoms. The lowest BCUT2D eigenvalue weighted by Crippen LogP contribution is -2.11. The van der Waals surface area contributed by atoms with Gasteiger partial charge in [0.2, 0.25) is 0 Å². The number of ether oxygens (including phenoxy) is 2. The maximum Gasteiger partial charge on any atom is 0.200 e. The van der Waals surface area contributed by atoms with Gasteiger partial charge in [-0.3, -0.25) is 9.59 Å². The molecule has 0 saturated carbocycles. The molecule has 0 aromatic heterocycles. The molecule has 118 valence electrons. The van der Waals surface area contributed by atoms with Crippen molar-refractivity contribution in [3.8, 4) is 11.5 Å². The summed E-state index contributed by atoms with van der Waals surface area (Å²) in [6, 6.07) is 12.3. The molecule has 1 heterocycles. The summed E-state index contributed by atoms with van der Waals surface area (Å²) in [7, 11) is 0. The Bertz CT molecular complexity index is 732. The van der Waals surface area contributed by atoms with Gasteiger partial charge >= 0.3 is 0 Å². The van der Waals surface area contributed by atoms with Gasteiger partial charge in [-0.1, -0.05) is 6.92 Å². The molecule has 1 aliphatic heterocycles. The lowest BCUT2D eigenvalue weighted by molar-refractivity contribution is 0.0920. The molecule has 0 amide bonds. The Balaban J connectivity index is 1.61. The molecule has 0 fully saturated rings. The van der Waals surface area contributed by atoms with Gasteiger partial charge in [0.1, 0.15) is 11.5 Å². The molecule has 0 saturated heterocycles. The minimum absolute atomic E-state index is 0.0271. The summed E-state index contributed by atoms with van der Waals surface area (Å²) >= 11 is 0. The van der Waals surface area contributed by atoms with E-state index in [4.69, 9.17) is 9.47 Å². The van der Waals surface area contributed by atoms with Crippen LogP contribution in [0.2, 0.25) is 0 Å². The standard InChI is InChI=1S/C19H18O4/c1-2-17(20)13-3-6-16(7-4-13)23-12-18(21)14-5-8-19-15(11-14)9-10-22-19/h3-8,11H,2,9-10,12H2,1H3. The van der Waals surface area contributed by atoms with Crippen molar-refractivity contribution in [1.82, 2.24) is 0 Å². The lowest BCUT2D eigenvalue weighted by atomic mass is 10.1. The second-order valence-electron chi connectivity index (χ2n) is 5.43. The number of benzene rings is 2. The fourth-order valence-electron chi connectivity index (χ4n) is 2.53. The highest BCUT2D eigenvalue weighted by Crippen LogP contribution is 2.26. The molecule has 0 unspecified atom stereocenters. The Kier molecular flexibility index (Phi) is 4.42. The van der Waals surface area contributed by atoms with Gasteiger partial charge in [0.15, 0.2) is 18.2 Å². The number of hydrogen-bond donors (Lipinski definition) is 0. The van der Waals surface area contributed by atoms with Crippen LogP contribution in [0, 0.1) is 0 Å². The zero-order chi connectivity index (χ0) is 16.2. The highest BCUT2D eigenvalue weighted by atomic mass is 16.5. The van der Waals surface area contributed by atoms with Crippen molar-refractivity contribution >= 4 is 11.6 Å². The molecule has 3 rings (SSSR count). The summed E-state index contributed by atoms with van der Waals surface area (Å²) in [6.07, 6.45) is 1.31. The third-order valence-electron chi connectivity index (χ3n) is 3.88. The van der Waals surface area contributed by atoms with Gasteiger partial charge in [-0.05, 0) is 48.0 Å². The first-order valence-corrected chi connectivity index (χ1v) is 7.72. The topological polar surface area (TPSA) is 52.6 Å². The quantitative estimate of drug-likeness (QED) is 0.767. The maximum atomic E-state index is 12.2. The fraction of sp³-hybridized carbons (Fsp3) is 0.263. The fourth-order valence-corrected chi connectivity index (χ4v) is 2.53. The summed E-state index contributed by atoms with van der Waals surface area (Å²) < 4.78 is 10.9. The van der Waals surface area contributed by atoms with E-state index < -0.39 is 0 Å². The molecule has 0 N–H and O–H groups in total. The zero-order valence-corrected chi connectivity index (χ0v) is 13.0. The van der Waals surface area contributed by atoms with E-state index in [-0.39, 0.29) is 18.2 Å². The normalized spacial score (nSPS) is 12.4. The Morgan fingerprint density at radius 3 is 2.52 bits per heavy atom. The van der Waals surface area contributed by atoms with E-state index >= 15 is 0 Å². The van der Waals surface area contributed by atoms with Crippen molar-refractivity contribution in [2.45, 2.75) is 19.8 Å². The van der Waals surface area contributed by atoms with Crippen LogP contribution in [0.4, 0.5) is 0 Å². The molecular formula is C19H18O4. The highest BCUT2D eigenvalue weighted by Gasteiger charge is 2.15. The molecule has 2 aromatic rings. The molecule has 4 nitrogen and oxygen atoms in total. The average Bonchev–Trinajstić information content (AvgIpc) is 3.07. The molecule has 2 aromatic carbocycles. The maximum absolute atomic E-state index is 12.2. The predicted molar refractivity (Wildman–Crippen MR) is 86.5 cm³/mol. The largest absolute Gasteiger partial charge is 0.493 e. The summed E-state index contributed by atoms with van der Waals surface area (Å²) in [4.78, 5) is 23.8. The molecule has 1 aliphatic rings. The summed E-state index contributed by atoms with van der Waals surface area (Å²) in [5, 5.41) is 0. The van der Waals surface area contributed by atoms with Gasteiger partial charge in [0.05, 0.1) is 6.61 Å². The average molecular weight is 310 g/mol. The number of rotatable bonds is 6. The van der Waals surface area contributed by atoms with E-state index in [9.17, 15) is 9.59 Å². The van der Waals surface area contributed by atoms with Crippen molar-refractivity contribution in [2.75, 3.05) is 13.2 Å². The third-order valence-corrected chi connectivity index (χ3v) is 3.88. The highest BCUT2D eigenvalue weighted by molar-refractivity contribution is 5.98. The van der Waals surface area contributed by atoms with Crippen LogP contribution in [0.1, 0.15) is 39.6 Å². The van der Waals surface area contributed by atoms with E-state index in [0.717, 1.165) is 17.7 Å². The van der Waals surface area contributed by atoms with Crippen LogP contribution >= 0.6 is 0 Å². The molecule has 0 aliphatic carbocycles. The molecule has 0 radical (unpaired) electrons. The molecule has 0 spiro atoms. The van der Waals surface area contributed by atoms with Crippen LogP contribution in [-0.2, 0) is 6.42 Å². The predicted octanol–water partition coefficient (Wildman–Crippen LogP) is 3.48. The second kappa shape index (κ2) is 6.65. The Hall–Kier alpha value is -2.62. The van der Waals surface area contributed by atoms with Gasteiger partial charge in [-0.2, -0.15) is 0 Å². The molecular weight excluding hydrogens is 292 g/mol. The summed E-state index contributed by atoms with van der Waals surface area (Å²) in [6.45, 7) is 2.47. The second-order valence-corrected chi connectivity index (χ2v) is 5.43. The SMILES string of the molecule is CCC(=O)c1ccc(OCC(=O)c2ccc3c(c2)CCO3)cc1. The smallest absolute Gasteiger partial charge is 0.200 e. The first-order chi connectivity index (χ1) is 11.2. The molecule has 0 bridgehead atoms. The van der Waals surface area contributed by atoms with E-state index in [2.05, 4.69) is 0 Å². The number of Topliss-reactive ketones (excluding diaryl/α,β-unsaturated/α-hetero) is 2. The number of carbonyl (C=O) groups is 2. The number of fused-ring (bicyclic) bond motifs is 1. The Morgan fingerprint density at radius 1 is 1.04 bits per heavy atom. The van der Waals surface area contributed by atoms with Crippen molar-refractivity contribution < 1.29 is 19.1 Å². The van der Waals surface area contributed by atoms with Crippen LogP contribution in [-0.4, -0.2) is 24.8 Å². The van der Waals surface area contributed by atoms with Crippen molar-refractivity contribution in [3.05, 3.63) is 59.2 Å². The van der Waals surface area contributed by atoms with Crippen LogP contribution in [0.3, 0.4) is 0 Å². The van der Waals surface area contributed by atoms with Gasteiger partial charge in [0, 0.05) is 24.0 Å². The van der Waals surface area contributed by atoms with Gasteiger partial charge in [-0.25, -0.2) is 0 Å².